The monoisotopic (exact) mass is 290 g/mol. The highest BCUT2D eigenvalue weighted by atomic mass is 19.1. The van der Waals surface area contributed by atoms with Crippen LogP contribution in [0.4, 0.5) is 4.39 Å². The molecule has 4 nitrogen and oxygen atoms in total. The minimum atomic E-state index is -0.809. The molecule has 0 aliphatic carbocycles. The van der Waals surface area contributed by atoms with Gasteiger partial charge in [0.05, 0.1) is 5.56 Å². The molecule has 1 N–H and O–H groups in total. The number of aliphatic carboxylic acids is 1. The van der Waals surface area contributed by atoms with Crippen LogP contribution in [0.15, 0.2) is 18.2 Å². The molecule has 1 heterocycles. The second-order valence-corrected chi connectivity index (χ2v) is 5.55. The van der Waals surface area contributed by atoms with Crippen molar-refractivity contribution < 1.29 is 14.3 Å². The van der Waals surface area contributed by atoms with Gasteiger partial charge in [-0.15, -0.1) is 0 Å². The van der Waals surface area contributed by atoms with Crippen LogP contribution < -0.4 is 0 Å². The highest BCUT2D eigenvalue weighted by Gasteiger charge is 2.32. The lowest BCUT2D eigenvalue weighted by molar-refractivity contribution is -0.145. The van der Waals surface area contributed by atoms with Crippen LogP contribution in [0, 0.1) is 23.1 Å². The summed E-state index contributed by atoms with van der Waals surface area (Å²) in [6, 6.07) is 5.69. The topological polar surface area (TPSA) is 64.3 Å². The van der Waals surface area contributed by atoms with Gasteiger partial charge in [0, 0.05) is 6.54 Å². The highest BCUT2D eigenvalue weighted by molar-refractivity contribution is 5.73. The van der Waals surface area contributed by atoms with Crippen molar-refractivity contribution in [2.75, 3.05) is 6.54 Å². The van der Waals surface area contributed by atoms with Crippen LogP contribution in [-0.2, 0) is 11.3 Å². The molecule has 1 aromatic carbocycles. The van der Waals surface area contributed by atoms with E-state index in [4.69, 9.17) is 5.26 Å². The number of nitrogens with zero attached hydrogens (tertiary/aromatic N) is 2. The first-order chi connectivity index (χ1) is 10.0. The van der Waals surface area contributed by atoms with E-state index in [9.17, 15) is 14.3 Å². The maximum atomic E-state index is 13.3. The summed E-state index contributed by atoms with van der Waals surface area (Å²) in [4.78, 5) is 13.3. The van der Waals surface area contributed by atoms with E-state index in [0.717, 1.165) is 24.9 Å². The molecule has 0 aromatic heterocycles. The van der Waals surface area contributed by atoms with Crippen molar-refractivity contribution in [1.82, 2.24) is 4.90 Å². The zero-order chi connectivity index (χ0) is 15.4. The Labute approximate surface area is 123 Å². The number of benzene rings is 1. The van der Waals surface area contributed by atoms with E-state index < -0.39 is 17.8 Å². The van der Waals surface area contributed by atoms with Crippen molar-refractivity contribution in [2.45, 2.75) is 38.8 Å². The van der Waals surface area contributed by atoms with Gasteiger partial charge in [-0.25, -0.2) is 4.39 Å². The molecule has 112 valence electrons. The van der Waals surface area contributed by atoms with Gasteiger partial charge in [0.15, 0.2) is 0 Å². The second kappa shape index (κ2) is 6.68. The predicted molar refractivity (Wildman–Crippen MR) is 76.0 cm³/mol. The van der Waals surface area contributed by atoms with E-state index >= 15 is 0 Å². The molecular formula is C16H19FN2O2. The Kier molecular flexibility index (Phi) is 4.92. The van der Waals surface area contributed by atoms with Gasteiger partial charge in [-0.1, -0.05) is 19.4 Å². The largest absolute Gasteiger partial charge is 0.480 e. The van der Waals surface area contributed by atoms with E-state index in [1.807, 2.05) is 11.0 Å². The second-order valence-electron chi connectivity index (χ2n) is 5.55. The van der Waals surface area contributed by atoms with Crippen LogP contribution in [0.5, 0.6) is 0 Å². The summed E-state index contributed by atoms with van der Waals surface area (Å²) in [5.74, 6) is -0.901. The molecule has 1 saturated heterocycles. The Balaban J connectivity index is 2.14. The lowest BCUT2D eigenvalue weighted by Crippen LogP contribution is -2.46. The van der Waals surface area contributed by atoms with E-state index in [1.54, 1.807) is 6.07 Å². The normalized spacial score (nSPS) is 22.7. The van der Waals surface area contributed by atoms with Crippen LogP contribution in [0.3, 0.4) is 0 Å². The molecule has 1 aliphatic heterocycles. The summed E-state index contributed by atoms with van der Waals surface area (Å²) >= 11 is 0. The number of hydrogen-bond acceptors (Lipinski definition) is 3. The smallest absolute Gasteiger partial charge is 0.320 e. The van der Waals surface area contributed by atoms with Gasteiger partial charge in [0.1, 0.15) is 17.9 Å². The van der Waals surface area contributed by atoms with Crippen molar-refractivity contribution >= 4 is 5.97 Å². The zero-order valence-electron chi connectivity index (χ0n) is 12.1. The number of carbonyl (C=O) groups is 1. The first kappa shape index (κ1) is 15.5. The fourth-order valence-electron chi connectivity index (χ4n) is 2.89. The Hall–Kier alpha value is -1.93. The highest BCUT2D eigenvalue weighted by Crippen LogP contribution is 2.27. The molecule has 0 bridgehead atoms. The molecule has 1 fully saturated rings. The molecule has 0 saturated carbocycles. The molecule has 2 rings (SSSR count). The van der Waals surface area contributed by atoms with Gasteiger partial charge in [0.25, 0.3) is 0 Å². The number of rotatable bonds is 4. The summed E-state index contributed by atoms with van der Waals surface area (Å²) in [5.41, 5.74) is 0.775. The molecule has 0 radical (unpaired) electrons. The molecule has 2 atom stereocenters. The third-order valence-electron chi connectivity index (χ3n) is 4.22. The van der Waals surface area contributed by atoms with E-state index in [-0.39, 0.29) is 5.56 Å². The Morgan fingerprint density at radius 2 is 2.33 bits per heavy atom. The number of piperidine rings is 1. The third-order valence-corrected chi connectivity index (χ3v) is 4.22. The minimum absolute atomic E-state index is 0.00261. The fraction of sp³-hybridized carbons (Fsp3) is 0.500. The lowest BCUT2D eigenvalue weighted by Gasteiger charge is -2.37. The number of carboxylic acid groups (broad SMARTS) is 1. The average Bonchev–Trinajstić information content (AvgIpc) is 2.49. The average molecular weight is 290 g/mol. The van der Waals surface area contributed by atoms with E-state index in [0.29, 0.717) is 18.9 Å². The number of halogens is 1. The van der Waals surface area contributed by atoms with Crippen molar-refractivity contribution in [3.8, 4) is 6.07 Å². The molecule has 0 spiro atoms. The van der Waals surface area contributed by atoms with E-state index in [2.05, 4.69) is 6.92 Å². The Bertz CT molecular complexity index is 568. The number of nitriles is 1. The van der Waals surface area contributed by atoms with Gasteiger partial charge in [-0.2, -0.15) is 5.26 Å². The molecule has 1 aromatic rings. The van der Waals surface area contributed by atoms with Crippen LogP contribution in [0.2, 0.25) is 0 Å². The van der Waals surface area contributed by atoms with Crippen LogP contribution in [0.25, 0.3) is 0 Å². The quantitative estimate of drug-likeness (QED) is 0.926. The molecule has 21 heavy (non-hydrogen) atoms. The summed E-state index contributed by atoms with van der Waals surface area (Å²) in [5, 5.41) is 18.2. The maximum Gasteiger partial charge on any atom is 0.320 e. The summed E-state index contributed by atoms with van der Waals surface area (Å²) in [7, 11) is 0. The summed E-state index contributed by atoms with van der Waals surface area (Å²) in [6.07, 6.45) is 2.62. The third kappa shape index (κ3) is 3.59. The van der Waals surface area contributed by atoms with Crippen molar-refractivity contribution in [3.05, 3.63) is 35.1 Å². The van der Waals surface area contributed by atoms with Crippen LogP contribution in [0.1, 0.15) is 37.3 Å². The summed E-state index contributed by atoms with van der Waals surface area (Å²) < 4.78 is 13.3. The number of likely N-dealkylation sites (tertiary alicyclic amines) is 1. The first-order valence-electron chi connectivity index (χ1n) is 7.20. The molecule has 5 heteroatoms. The van der Waals surface area contributed by atoms with Gasteiger partial charge in [-0.3, -0.25) is 9.69 Å². The first-order valence-corrected chi connectivity index (χ1v) is 7.20. The number of carboxylic acids is 1. The van der Waals surface area contributed by atoms with Crippen molar-refractivity contribution in [1.29, 1.82) is 5.26 Å². The van der Waals surface area contributed by atoms with Crippen molar-refractivity contribution in [2.24, 2.45) is 5.92 Å². The SMILES string of the molecule is CCC1CCN(Cc2ccc(F)c(C#N)c2)C(C(=O)O)C1. The van der Waals surface area contributed by atoms with Gasteiger partial charge in [0.2, 0.25) is 0 Å². The van der Waals surface area contributed by atoms with Crippen LogP contribution in [-0.4, -0.2) is 28.6 Å². The summed E-state index contributed by atoms with van der Waals surface area (Å²) in [6.45, 7) is 3.23. The number of hydrogen-bond donors (Lipinski definition) is 1. The lowest BCUT2D eigenvalue weighted by atomic mass is 9.88. The van der Waals surface area contributed by atoms with Crippen molar-refractivity contribution in [3.63, 3.8) is 0 Å². The minimum Gasteiger partial charge on any atom is -0.480 e. The molecule has 1 aliphatic rings. The van der Waals surface area contributed by atoms with Gasteiger partial charge >= 0.3 is 5.97 Å². The Morgan fingerprint density at radius 3 is 2.95 bits per heavy atom. The standard InChI is InChI=1S/C16H19FN2O2/c1-2-11-5-6-19(15(8-11)16(20)21)10-12-3-4-14(17)13(7-12)9-18/h3-4,7,11,15H,2,5-6,8,10H2,1H3,(H,20,21). The van der Waals surface area contributed by atoms with Gasteiger partial charge < -0.3 is 5.11 Å². The van der Waals surface area contributed by atoms with E-state index in [1.165, 1.54) is 12.1 Å². The Morgan fingerprint density at radius 1 is 1.57 bits per heavy atom. The predicted octanol–water partition coefficient (Wildman–Crippen LogP) is 2.77. The van der Waals surface area contributed by atoms with Gasteiger partial charge in [-0.05, 0) is 43.0 Å². The molecule has 2 unspecified atom stereocenters. The molecule has 0 amide bonds. The molecular weight excluding hydrogens is 271 g/mol. The van der Waals surface area contributed by atoms with Crippen LogP contribution >= 0.6 is 0 Å². The maximum absolute atomic E-state index is 13.3. The fourth-order valence-corrected chi connectivity index (χ4v) is 2.89. The zero-order valence-corrected chi connectivity index (χ0v) is 12.1.